The molecule has 116 valence electrons. The number of hydrogen-bond donors (Lipinski definition) is 0. The fourth-order valence-corrected chi connectivity index (χ4v) is 3.35. The molecule has 0 aliphatic heterocycles. The van der Waals surface area contributed by atoms with Crippen molar-refractivity contribution in [2.45, 2.75) is 11.3 Å². The molecule has 22 heavy (non-hydrogen) atoms. The van der Waals surface area contributed by atoms with Gasteiger partial charge in [-0.2, -0.15) is 0 Å². The fourth-order valence-electron chi connectivity index (χ4n) is 1.94. The minimum atomic E-state index is -3.36. The maximum atomic E-state index is 12.2. The molecule has 0 amide bonds. The zero-order chi connectivity index (χ0) is 16.2. The van der Waals surface area contributed by atoms with Crippen molar-refractivity contribution in [2.75, 3.05) is 12.9 Å². The first-order valence-corrected chi connectivity index (χ1v) is 8.61. The normalized spacial score (nSPS) is 11.2. The van der Waals surface area contributed by atoms with Crippen LogP contribution in [0.1, 0.15) is 15.9 Å². The maximum absolute atomic E-state index is 12.2. The van der Waals surface area contributed by atoms with Crippen LogP contribution in [-0.4, -0.2) is 27.2 Å². The minimum absolute atomic E-state index is 0.00773. The highest BCUT2D eigenvalue weighted by molar-refractivity contribution is 7.91. The molecular formula is C16H15ClO4S. The second-order valence-corrected chi connectivity index (χ2v) is 7.26. The lowest BCUT2D eigenvalue weighted by Crippen LogP contribution is -2.09. The Kier molecular flexibility index (Phi) is 5.21. The molecule has 0 bridgehead atoms. The molecule has 0 aliphatic rings. The number of esters is 1. The van der Waals surface area contributed by atoms with Gasteiger partial charge < -0.3 is 4.74 Å². The van der Waals surface area contributed by atoms with E-state index in [1.807, 2.05) is 0 Å². The average molecular weight is 339 g/mol. The lowest BCUT2D eigenvalue weighted by atomic mass is 10.1. The van der Waals surface area contributed by atoms with E-state index in [1.165, 1.54) is 19.2 Å². The molecule has 2 aromatic carbocycles. The third-order valence-electron chi connectivity index (χ3n) is 3.21. The molecule has 0 radical (unpaired) electrons. The monoisotopic (exact) mass is 338 g/mol. The highest BCUT2D eigenvalue weighted by Crippen LogP contribution is 2.17. The fraction of sp³-hybridized carbons (Fsp3) is 0.188. The van der Waals surface area contributed by atoms with Crippen LogP contribution >= 0.6 is 11.6 Å². The van der Waals surface area contributed by atoms with Gasteiger partial charge >= 0.3 is 5.97 Å². The molecule has 4 nitrogen and oxygen atoms in total. The van der Waals surface area contributed by atoms with Crippen molar-refractivity contribution in [1.82, 2.24) is 0 Å². The smallest absolute Gasteiger partial charge is 0.337 e. The maximum Gasteiger partial charge on any atom is 0.337 e. The lowest BCUT2D eigenvalue weighted by Gasteiger charge is -2.06. The molecule has 6 heteroatoms. The van der Waals surface area contributed by atoms with E-state index in [0.29, 0.717) is 17.0 Å². The summed E-state index contributed by atoms with van der Waals surface area (Å²) in [5, 5.41) is 0.498. The summed E-state index contributed by atoms with van der Waals surface area (Å²) >= 11 is 5.75. The molecule has 2 aromatic rings. The molecule has 0 unspecified atom stereocenters. The minimum Gasteiger partial charge on any atom is -0.465 e. The summed E-state index contributed by atoms with van der Waals surface area (Å²) in [5.41, 5.74) is 1.27. The van der Waals surface area contributed by atoms with Crippen molar-refractivity contribution >= 4 is 27.4 Å². The van der Waals surface area contributed by atoms with E-state index in [9.17, 15) is 13.2 Å². The Morgan fingerprint density at radius 1 is 1.05 bits per heavy atom. The van der Waals surface area contributed by atoms with E-state index >= 15 is 0 Å². The first-order chi connectivity index (χ1) is 10.4. The number of sulfone groups is 1. The molecular weight excluding hydrogens is 324 g/mol. The predicted molar refractivity (Wildman–Crippen MR) is 85.0 cm³/mol. The first kappa shape index (κ1) is 16.5. The van der Waals surface area contributed by atoms with Crippen molar-refractivity contribution in [3.63, 3.8) is 0 Å². The number of rotatable bonds is 5. The largest absolute Gasteiger partial charge is 0.465 e. The van der Waals surface area contributed by atoms with Crippen molar-refractivity contribution in [1.29, 1.82) is 0 Å². The Balaban J connectivity index is 2.05. The molecule has 0 saturated heterocycles. The van der Waals surface area contributed by atoms with Gasteiger partial charge in [-0.3, -0.25) is 0 Å². The topological polar surface area (TPSA) is 60.4 Å². The van der Waals surface area contributed by atoms with Crippen LogP contribution in [0.2, 0.25) is 5.02 Å². The summed E-state index contributed by atoms with van der Waals surface area (Å²) in [6.45, 7) is 0. The van der Waals surface area contributed by atoms with E-state index in [0.717, 1.165) is 5.56 Å². The Hall–Kier alpha value is -1.85. The van der Waals surface area contributed by atoms with Gasteiger partial charge in [-0.25, -0.2) is 13.2 Å². The number of ether oxygens (including phenoxy) is 1. The summed E-state index contributed by atoms with van der Waals surface area (Å²) in [5.74, 6) is -0.424. The molecule has 0 spiro atoms. The number of carbonyl (C=O) groups is 1. The molecule has 2 rings (SSSR count). The van der Waals surface area contributed by atoms with Crippen LogP contribution in [0, 0.1) is 0 Å². The number of benzene rings is 2. The summed E-state index contributed by atoms with van der Waals surface area (Å²) in [6.07, 6.45) is 0.367. The van der Waals surface area contributed by atoms with Gasteiger partial charge in [0.2, 0.25) is 0 Å². The highest BCUT2D eigenvalue weighted by atomic mass is 35.5. The van der Waals surface area contributed by atoms with Gasteiger partial charge in [0.25, 0.3) is 0 Å². The van der Waals surface area contributed by atoms with Gasteiger partial charge in [0.1, 0.15) is 0 Å². The summed E-state index contributed by atoms with van der Waals surface area (Å²) in [6, 6.07) is 12.8. The van der Waals surface area contributed by atoms with Crippen LogP contribution in [0.15, 0.2) is 53.4 Å². The number of hydrogen-bond acceptors (Lipinski definition) is 4. The SMILES string of the molecule is COC(=O)c1ccc(CCS(=O)(=O)c2ccc(Cl)cc2)cc1. The van der Waals surface area contributed by atoms with Crippen LogP contribution < -0.4 is 0 Å². The van der Waals surface area contributed by atoms with Crippen LogP contribution in [0.5, 0.6) is 0 Å². The first-order valence-electron chi connectivity index (χ1n) is 6.58. The lowest BCUT2D eigenvalue weighted by molar-refractivity contribution is 0.0600. The average Bonchev–Trinajstić information content (AvgIpc) is 2.53. The molecule has 0 aromatic heterocycles. The van der Waals surface area contributed by atoms with Gasteiger partial charge in [-0.15, -0.1) is 0 Å². The van der Waals surface area contributed by atoms with Crippen LogP contribution in [0.3, 0.4) is 0 Å². The van der Waals surface area contributed by atoms with Gasteiger partial charge in [-0.05, 0) is 48.4 Å². The van der Waals surface area contributed by atoms with Crippen molar-refractivity contribution < 1.29 is 17.9 Å². The zero-order valence-electron chi connectivity index (χ0n) is 12.0. The van der Waals surface area contributed by atoms with E-state index in [1.54, 1.807) is 36.4 Å². The van der Waals surface area contributed by atoms with Gasteiger partial charge in [0.15, 0.2) is 9.84 Å². The van der Waals surface area contributed by atoms with Gasteiger partial charge in [-0.1, -0.05) is 23.7 Å². The summed E-state index contributed by atoms with van der Waals surface area (Å²) in [4.78, 5) is 11.6. The second-order valence-electron chi connectivity index (χ2n) is 4.71. The number of halogens is 1. The summed E-state index contributed by atoms with van der Waals surface area (Å²) < 4.78 is 29.1. The Bertz CT molecular complexity index is 750. The van der Waals surface area contributed by atoms with E-state index < -0.39 is 15.8 Å². The summed E-state index contributed by atoms with van der Waals surface area (Å²) in [7, 11) is -2.04. The molecule has 0 N–H and O–H groups in total. The number of methoxy groups -OCH3 is 1. The van der Waals surface area contributed by atoms with Crippen molar-refractivity contribution in [3.05, 3.63) is 64.7 Å². The van der Waals surface area contributed by atoms with Crippen LogP contribution in [-0.2, 0) is 21.0 Å². The zero-order valence-corrected chi connectivity index (χ0v) is 13.5. The molecule has 0 fully saturated rings. The molecule has 0 aliphatic carbocycles. The number of carbonyl (C=O) groups excluding carboxylic acids is 1. The quantitative estimate of drug-likeness (QED) is 0.786. The Morgan fingerprint density at radius 3 is 2.18 bits per heavy atom. The van der Waals surface area contributed by atoms with Crippen molar-refractivity contribution in [2.24, 2.45) is 0 Å². The standard InChI is InChI=1S/C16H15ClO4S/c1-21-16(18)13-4-2-12(3-5-13)10-11-22(19,20)15-8-6-14(17)7-9-15/h2-9H,10-11H2,1H3. The van der Waals surface area contributed by atoms with E-state index in [4.69, 9.17) is 11.6 Å². The third kappa shape index (κ3) is 4.08. The van der Waals surface area contributed by atoms with Crippen molar-refractivity contribution in [3.8, 4) is 0 Å². The second kappa shape index (κ2) is 6.94. The van der Waals surface area contributed by atoms with Gasteiger partial charge in [0, 0.05) is 5.02 Å². The molecule has 0 heterocycles. The predicted octanol–water partition coefficient (Wildman–Crippen LogP) is 3.14. The highest BCUT2D eigenvalue weighted by Gasteiger charge is 2.14. The number of aryl methyl sites for hydroxylation is 1. The molecule has 0 atom stereocenters. The third-order valence-corrected chi connectivity index (χ3v) is 5.19. The molecule has 0 saturated carbocycles. The van der Waals surface area contributed by atoms with Crippen LogP contribution in [0.25, 0.3) is 0 Å². The van der Waals surface area contributed by atoms with E-state index in [2.05, 4.69) is 4.74 Å². The van der Waals surface area contributed by atoms with Gasteiger partial charge in [0.05, 0.1) is 23.3 Å². The van der Waals surface area contributed by atoms with E-state index in [-0.39, 0.29) is 10.6 Å². The van der Waals surface area contributed by atoms with Crippen LogP contribution in [0.4, 0.5) is 0 Å². The Labute approximate surface area is 134 Å². The Morgan fingerprint density at radius 2 is 1.64 bits per heavy atom.